The molecule has 1 N–H and O–H groups in total. The van der Waals surface area contributed by atoms with Gasteiger partial charge in [0.25, 0.3) is 0 Å². The largest absolute Gasteiger partial charge is 0.308 e. The van der Waals surface area contributed by atoms with Crippen LogP contribution in [0.2, 0.25) is 0 Å². The summed E-state index contributed by atoms with van der Waals surface area (Å²) in [7, 11) is 0. The summed E-state index contributed by atoms with van der Waals surface area (Å²) in [6.07, 6.45) is 0. The van der Waals surface area contributed by atoms with Gasteiger partial charge < -0.3 is 5.32 Å². The van der Waals surface area contributed by atoms with Crippen LogP contribution < -0.4 is 5.32 Å². The van der Waals surface area contributed by atoms with Crippen molar-refractivity contribution in [3.05, 3.63) is 35.4 Å². The van der Waals surface area contributed by atoms with Crippen molar-refractivity contribution in [2.75, 3.05) is 24.6 Å². The standard InChI is InChI=1S/C16H26N2S/c1-16(2,3)17-12-14-6-4-5-7-15(14)13-18-8-10-19-11-9-18/h4-7,17H,8-13H2,1-3H3. The van der Waals surface area contributed by atoms with Crippen molar-refractivity contribution in [2.24, 2.45) is 0 Å². The van der Waals surface area contributed by atoms with E-state index in [1.165, 1.54) is 35.7 Å². The van der Waals surface area contributed by atoms with Crippen molar-refractivity contribution >= 4 is 11.8 Å². The van der Waals surface area contributed by atoms with Gasteiger partial charge in [0.05, 0.1) is 0 Å². The van der Waals surface area contributed by atoms with E-state index in [9.17, 15) is 0 Å². The van der Waals surface area contributed by atoms with Gasteiger partial charge in [0, 0.05) is 43.2 Å². The van der Waals surface area contributed by atoms with Crippen molar-refractivity contribution in [2.45, 2.75) is 39.4 Å². The van der Waals surface area contributed by atoms with Crippen molar-refractivity contribution in [3.8, 4) is 0 Å². The van der Waals surface area contributed by atoms with Crippen molar-refractivity contribution in [3.63, 3.8) is 0 Å². The van der Waals surface area contributed by atoms with E-state index < -0.39 is 0 Å². The van der Waals surface area contributed by atoms with Gasteiger partial charge in [0.15, 0.2) is 0 Å². The second kappa shape index (κ2) is 6.78. The Hall–Kier alpha value is -0.510. The lowest BCUT2D eigenvalue weighted by Crippen LogP contribution is -2.36. The summed E-state index contributed by atoms with van der Waals surface area (Å²) in [4.78, 5) is 2.58. The van der Waals surface area contributed by atoms with Crippen LogP contribution in [-0.2, 0) is 13.1 Å². The van der Waals surface area contributed by atoms with Crippen LogP contribution in [-0.4, -0.2) is 35.0 Å². The predicted octanol–water partition coefficient (Wildman–Crippen LogP) is 3.12. The molecule has 0 amide bonds. The zero-order chi connectivity index (χ0) is 13.7. The molecule has 0 atom stereocenters. The number of benzene rings is 1. The quantitative estimate of drug-likeness (QED) is 0.911. The molecule has 0 unspecified atom stereocenters. The van der Waals surface area contributed by atoms with Gasteiger partial charge in [-0.25, -0.2) is 0 Å². The van der Waals surface area contributed by atoms with Gasteiger partial charge in [-0.05, 0) is 31.9 Å². The van der Waals surface area contributed by atoms with Crippen LogP contribution in [0.15, 0.2) is 24.3 Å². The van der Waals surface area contributed by atoms with E-state index in [0.717, 1.165) is 13.1 Å². The van der Waals surface area contributed by atoms with Crippen LogP contribution >= 0.6 is 11.8 Å². The molecular formula is C16H26N2S. The molecule has 1 fully saturated rings. The third-order valence-electron chi connectivity index (χ3n) is 3.43. The van der Waals surface area contributed by atoms with E-state index in [-0.39, 0.29) is 5.54 Å². The molecule has 1 aromatic carbocycles. The van der Waals surface area contributed by atoms with Gasteiger partial charge >= 0.3 is 0 Å². The summed E-state index contributed by atoms with van der Waals surface area (Å²) in [5, 5.41) is 3.59. The molecule has 1 saturated heterocycles. The van der Waals surface area contributed by atoms with Gasteiger partial charge in [-0.2, -0.15) is 11.8 Å². The van der Waals surface area contributed by atoms with Gasteiger partial charge in [0.2, 0.25) is 0 Å². The highest BCUT2D eigenvalue weighted by Crippen LogP contribution is 2.16. The molecule has 0 radical (unpaired) electrons. The molecule has 0 saturated carbocycles. The lowest BCUT2D eigenvalue weighted by atomic mass is 10.0. The molecule has 1 aliphatic rings. The fraction of sp³-hybridized carbons (Fsp3) is 0.625. The third-order valence-corrected chi connectivity index (χ3v) is 4.37. The molecule has 19 heavy (non-hydrogen) atoms. The Morgan fingerprint density at radius 1 is 1.11 bits per heavy atom. The second-order valence-electron chi connectivity index (χ2n) is 6.26. The first kappa shape index (κ1) is 14.9. The summed E-state index contributed by atoms with van der Waals surface area (Å²) < 4.78 is 0. The molecule has 0 aliphatic carbocycles. The third kappa shape index (κ3) is 5.17. The van der Waals surface area contributed by atoms with E-state index in [0.29, 0.717) is 0 Å². The Morgan fingerprint density at radius 3 is 2.37 bits per heavy atom. The van der Waals surface area contributed by atoms with Gasteiger partial charge in [-0.1, -0.05) is 24.3 Å². The van der Waals surface area contributed by atoms with Crippen LogP contribution in [0.1, 0.15) is 31.9 Å². The van der Waals surface area contributed by atoms with E-state index in [1.54, 1.807) is 0 Å². The first-order valence-electron chi connectivity index (χ1n) is 7.16. The highest BCUT2D eigenvalue weighted by molar-refractivity contribution is 7.99. The molecule has 0 aromatic heterocycles. The Labute approximate surface area is 122 Å². The lowest BCUT2D eigenvalue weighted by molar-refractivity contribution is 0.293. The van der Waals surface area contributed by atoms with Crippen molar-refractivity contribution in [1.82, 2.24) is 10.2 Å². The van der Waals surface area contributed by atoms with Gasteiger partial charge in [0.1, 0.15) is 0 Å². The average molecular weight is 278 g/mol. The number of nitrogens with zero attached hydrogens (tertiary/aromatic N) is 1. The van der Waals surface area contributed by atoms with Crippen molar-refractivity contribution in [1.29, 1.82) is 0 Å². The smallest absolute Gasteiger partial charge is 0.0237 e. The summed E-state index contributed by atoms with van der Waals surface area (Å²) in [6.45, 7) is 11.2. The van der Waals surface area contributed by atoms with E-state index in [4.69, 9.17) is 0 Å². The molecule has 106 valence electrons. The van der Waals surface area contributed by atoms with E-state index in [2.05, 4.69) is 67.0 Å². The van der Waals surface area contributed by atoms with Crippen molar-refractivity contribution < 1.29 is 0 Å². The molecular weight excluding hydrogens is 252 g/mol. The maximum atomic E-state index is 3.59. The second-order valence-corrected chi connectivity index (χ2v) is 7.49. The van der Waals surface area contributed by atoms with Gasteiger partial charge in [-0.3, -0.25) is 4.90 Å². The maximum absolute atomic E-state index is 3.59. The SMILES string of the molecule is CC(C)(C)NCc1ccccc1CN1CCSCC1. The number of hydrogen-bond donors (Lipinski definition) is 1. The zero-order valence-corrected chi connectivity index (χ0v) is 13.2. The highest BCUT2D eigenvalue weighted by atomic mass is 32.2. The molecule has 3 heteroatoms. The summed E-state index contributed by atoms with van der Waals surface area (Å²) in [6, 6.07) is 8.85. The Balaban J connectivity index is 1.99. The summed E-state index contributed by atoms with van der Waals surface area (Å²) in [5.41, 5.74) is 3.09. The molecule has 2 rings (SSSR count). The molecule has 1 heterocycles. The fourth-order valence-electron chi connectivity index (χ4n) is 2.24. The average Bonchev–Trinajstić information content (AvgIpc) is 2.38. The highest BCUT2D eigenvalue weighted by Gasteiger charge is 2.14. The Morgan fingerprint density at radius 2 is 1.74 bits per heavy atom. The Bertz CT molecular complexity index is 392. The normalized spacial score (nSPS) is 17.6. The maximum Gasteiger partial charge on any atom is 0.0237 e. The lowest BCUT2D eigenvalue weighted by Gasteiger charge is -2.27. The first-order valence-corrected chi connectivity index (χ1v) is 8.32. The molecule has 0 spiro atoms. The number of thioether (sulfide) groups is 1. The number of nitrogens with one attached hydrogen (secondary N) is 1. The van der Waals surface area contributed by atoms with Crippen LogP contribution in [0.5, 0.6) is 0 Å². The van der Waals surface area contributed by atoms with E-state index >= 15 is 0 Å². The first-order chi connectivity index (χ1) is 9.04. The minimum absolute atomic E-state index is 0.175. The fourth-order valence-corrected chi connectivity index (χ4v) is 3.22. The van der Waals surface area contributed by atoms with Gasteiger partial charge in [-0.15, -0.1) is 0 Å². The van der Waals surface area contributed by atoms with Crippen LogP contribution in [0.25, 0.3) is 0 Å². The van der Waals surface area contributed by atoms with Crippen LogP contribution in [0.3, 0.4) is 0 Å². The van der Waals surface area contributed by atoms with E-state index in [1.807, 2.05) is 0 Å². The zero-order valence-electron chi connectivity index (χ0n) is 12.4. The minimum atomic E-state index is 0.175. The molecule has 0 bridgehead atoms. The summed E-state index contributed by atoms with van der Waals surface area (Å²) in [5.74, 6) is 2.56. The molecule has 1 aliphatic heterocycles. The number of hydrogen-bond acceptors (Lipinski definition) is 3. The topological polar surface area (TPSA) is 15.3 Å². The summed E-state index contributed by atoms with van der Waals surface area (Å²) >= 11 is 2.07. The minimum Gasteiger partial charge on any atom is -0.308 e. The van der Waals surface area contributed by atoms with Crippen LogP contribution in [0.4, 0.5) is 0 Å². The number of rotatable bonds is 4. The monoisotopic (exact) mass is 278 g/mol. The van der Waals surface area contributed by atoms with Crippen LogP contribution in [0, 0.1) is 0 Å². The Kier molecular flexibility index (Phi) is 5.31. The molecule has 1 aromatic rings. The molecule has 2 nitrogen and oxygen atoms in total. The predicted molar refractivity (Wildman–Crippen MR) is 85.6 cm³/mol.